The zero-order chi connectivity index (χ0) is 11.7. The van der Waals surface area contributed by atoms with Gasteiger partial charge in [0.15, 0.2) is 0 Å². The van der Waals surface area contributed by atoms with Crippen molar-refractivity contribution in [1.29, 1.82) is 0 Å². The molecule has 1 aromatic carbocycles. The summed E-state index contributed by atoms with van der Waals surface area (Å²) in [5.74, 6) is 1.50. The second-order valence-electron chi connectivity index (χ2n) is 4.64. The molecule has 0 radical (unpaired) electrons. The molecule has 3 heteroatoms. The molecule has 0 aliphatic heterocycles. The number of nitrogens with zero attached hydrogens (tertiary/aromatic N) is 1. The lowest BCUT2D eigenvalue weighted by atomic mass is 10.2. The van der Waals surface area contributed by atoms with Crippen molar-refractivity contribution in [3.05, 3.63) is 36.5 Å². The van der Waals surface area contributed by atoms with E-state index < -0.39 is 0 Å². The molecule has 1 atom stereocenters. The van der Waals surface area contributed by atoms with Crippen LogP contribution in [-0.2, 0) is 0 Å². The average molecular weight is 228 g/mol. The van der Waals surface area contributed by atoms with Gasteiger partial charge in [-0.05, 0) is 30.9 Å². The SMILES string of the molecule is NC(COc1cccc2cccnc12)C1CC1. The number of rotatable bonds is 4. The van der Waals surface area contributed by atoms with Crippen LogP contribution in [0.4, 0.5) is 0 Å². The predicted molar refractivity (Wildman–Crippen MR) is 67.9 cm³/mol. The molecule has 0 bridgehead atoms. The Morgan fingerprint density at radius 2 is 2.12 bits per heavy atom. The molecule has 1 aliphatic carbocycles. The van der Waals surface area contributed by atoms with Gasteiger partial charge in [0, 0.05) is 17.6 Å². The van der Waals surface area contributed by atoms with E-state index >= 15 is 0 Å². The Morgan fingerprint density at radius 1 is 1.29 bits per heavy atom. The van der Waals surface area contributed by atoms with Crippen LogP contribution in [0.15, 0.2) is 36.5 Å². The first kappa shape index (κ1) is 10.5. The number of fused-ring (bicyclic) bond motifs is 1. The van der Waals surface area contributed by atoms with Crippen molar-refractivity contribution < 1.29 is 4.74 Å². The van der Waals surface area contributed by atoms with Crippen LogP contribution < -0.4 is 10.5 Å². The number of ether oxygens (including phenoxy) is 1. The molecule has 88 valence electrons. The maximum atomic E-state index is 6.03. The molecule has 0 spiro atoms. The smallest absolute Gasteiger partial charge is 0.145 e. The van der Waals surface area contributed by atoms with E-state index in [0.717, 1.165) is 16.7 Å². The molecular formula is C14H16N2O. The van der Waals surface area contributed by atoms with Crippen LogP contribution in [0.3, 0.4) is 0 Å². The van der Waals surface area contributed by atoms with E-state index in [2.05, 4.69) is 4.98 Å². The van der Waals surface area contributed by atoms with Gasteiger partial charge in [-0.2, -0.15) is 0 Å². The molecule has 17 heavy (non-hydrogen) atoms. The Kier molecular flexibility index (Phi) is 2.69. The highest BCUT2D eigenvalue weighted by atomic mass is 16.5. The molecule has 2 aromatic rings. The van der Waals surface area contributed by atoms with Crippen molar-refractivity contribution >= 4 is 10.9 Å². The quantitative estimate of drug-likeness (QED) is 0.873. The van der Waals surface area contributed by atoms with Crippen LogP contribution in [0, 0.1) is 5.92 Å². The molecule has 3 nitrogen and oxygen atoms in total. The highest BCUT2D eigenvalue weighted by molar-refractivity contribution is 5.84. The number of hydrogen-bond donors (Lipinski definition) is 1. The molecule has 0 amide bonds. The van der Waals surface area contributed by atoms with Gasteiger partial charge < -0.3 is 10.5 Å². The van der Waals surface area contributed by atoms with Crippen LogP contribution >= 0.6 is 0 Å². The minimum atomic E-state index is 0.161. The fourth-order valence-corrected chi connectivity index (χ4v) is 2.04. The summed E-state index contributed by atoms with van der Waals surface area (Å²) in [6.07, 6.45) is 4.28. The monoisotopic (exact) mass is 228 g/mol. The summed E-state index contributed by atoms with van der Waals surface area (Å²) in [7, 11) is 0. The Labute approximate surface area is 101 Å². The molecule has 1 unspecified atom stereocenters. The van der Waals surface area contributed by atoms with E-state index in [9.17, 15) is 0 Å². The molecule has 1 fully saturated rings. The summed E-state index contributed by atoms with van der Waals surface area (Å²) in [4.78, 5) is 4.35. The van der Waals surface area contributed by atoms with Crippen molar-refractivity contribution in [2.24, 2.45) is 11.7 Å². The van der Waals surface area contributed by atoms with Gasteiger partial charge in [0.1, 0.15) is 17.9 Å². The molecule has 2 N–H and O–H groups in total. The van der Waals surface area contributed by atoms with Crippen LogP contribution in [0.2, 0.25) is 0 Å². The number of aromatic nitrogens is 1. The summed E-state index contributed by atoms with van der Waals surface area (Å²) in [6.45, 7) is 0.584. The van der Waals surface area contributed by atoms with Crippen molar-refractivity contribution in [3.63, 3.8) is 0 Å². The highest BCUT2D eigenvalue weighted by Crippen LogP contribution is 2.32. The van der Waals surface area contributed by atoms with Crippen LogP contribution in [0.1, 0.15) is 12.8 Å². The van der Waals surface area contributed by atoms with Gasteiger partial charge >= 0.3 is 0 Å². The maximum absolute atomic E-state index is 6.03. The zero-order valence-corrected chi connectivity index (χ0v) is 9.67. The standard InChI is InChI=1S/C14H16N2O/c15-12(10-6-7-10)9-17-13-5-1-3-11-4-2-8-16-14(11)13/h1-5,8,10,12H,6-7,9,15H2. The van der Waals surface area contributed by atoms with Crippen molar-refractivity contribution in [2.75, 3.05) is 6.61 Å². The third-order valence-corrected chi connectivity index (χ3v) is 3.25. The molecule has 3 rings (SSSR count). The molecule has 1 aliphatic rings. The predicted octanol–water partition coefficient (Wildman–Crippen LogP) is 2.35. The Balaban J connectivity index is 1.79. The van der Waals surface area contributed by atoms with Crippen molar-refractivity contribution in [2.45, 2.75) is 18.9 Å². The topological polar surface area (TPSA) is 48.1 Å². The fourth-order valence-electron chi connectivity index (χ4n) is 2.04. The van der Waals surface area contributed by atoms with Gasteiger partial charge in [-0.1, -0.05) is 18.2 Å². The summed E-state index contributed by atoms with van der Waals surface area (Å²) in [5.41, 5.74) is 6.94. The minimum absolute atomic E-state index is 0.161. The minimum Gasteiger partial charge on any atom is -0.490 e. The number of pyridine rings is 1. The average Bonchev–Trinajstić information content (AvgIpc) is 3.20. The van der Waals surface area contributed by atoms with Gasteiger partial charge in [0.2, 0.25) is 0 Å². The zero-order valence-electron chi connectivity index (χ0n) is 9.67. The second-order valence-corrected chi connectivity index (χ2v) is 4.64. The van der Waals surface area contributed by atoms with Crippen LogP contribution in [0.5, 0.6) is 5.75 Å². The van der Waals surface area contributed by atoms with E-state index in [1.807, 2.05) is 30.3 Å². The van der Waals surface area contributed by atoms with Crippen molar-refractivity contribution in [3.8, 4) is 5.75 Å². The van der Waals surface area contributed by atoms with Crippen LogP contribution in [0.25, 0.3) is 10.9 Å². The Morgan fingerprint density at radius 3 is 2.94 bits per heavy atom. The summed E-state index contributed by atoms with van der Waals surface area (Å²) in [5, 5.41) is 1.10. The van der Waals surface area contributed by atoms with E-state index in [1.165, 1.54) is 12.8 Å². The van der Waals surface area contributed by atoms with E-state index in [1.54, 1.807) is 6.20 Å². The van der Waals surface area contributed by atoms with Gasteiger partial charge in [-0.3, -0.25) is 4.98 Å². The third-order valence-electron chi connectivity index (χ3n) is 3.25. The molecule has 1 aromatic heterocycles. The fraction of sp³-hybridized carbons (Fsp3) is 0.357. The Bertz CT molecular complexity index is 517. The van der Waals surface area contributed by atoms with Crippen LogP contribution in [-0.4, -0.2) is 17.6 Å². The number of nitrogens with two attached hydrogens (primary N) is 1. The number of benzene rings is 1. The molecular weight excluding hydrogens is 212 g/mol. The van der Waals surface area contributed by atoms with E-state index in [0.29, 0.717) is 12.5 Å². The summed E-state index contributed by atoms with van der Waals surface area (Å²) in [6, 6.07) is 10.1. The normalized spacial score (nSPS) is 17.0. The number of para-hydroxylation sites is 1. The first-order valence-electron chi connectivity index (χ1n) is 6.07. The van der Waals surface area contributed by atoms with Gasteiger partial charge in [0.05, 0.1) is 0 Å². The van der Waals surface area contributed by atoms with E-state index in [4.69, 9.17) is 10.5 Å². The maximum Gasteiger partial charge on any atom is 0.145 e. The molecule has 1 heterocycles. The summed E-state index contributed by atoms with van der Waals surface area (Å²) < 4.78 is 5.79. The van der Waals surface area contributed by atoms with Gasteiger partial charge in [-0.25, -0.2) is 0 Å². The van der Waals surface area contributed by atoms with Gasteiger partial charge in [-0.15, -0.1) is 0 Å². The molecule has 1 saturated carbocycles. The molecule has 0 saturated heterocycles. The lowest BCUT2D eigenvalue weighted by molar-refractivity contribution is 0.278. The summed E-state index contributed by atoms with van der Waals surface area (Å²) >= 11 is 0. The first-order chi connectivity index (χ1) is 8.34. The van der Waals surface area contributed by atoms with Crippen molar-refractivity contribution in [1.82, 2.24) is 4.98 Å². The largest absolute Gasteiger partial charge is 0.490 e. The van der Waals surface area contributed by atoms with E-state index in [-0.39, 0.29) is 6.04 Å². The van der Waals surface area contributed by atoms with Gasteiger partial charge in [0.25, 0.3) is 0 Å². The first-order valence-corrected chi connectivity index (χ1v) is 6.07. The number of hydrogen-bond acceptors (Lipinski definition) is 3. The Hall–Kier alpha value is -1.61. The lowest BCUT2D eigenvalue weighted by Gasteiger charge is -2.13. The third kappa shape index (κ3) is 2.24. The lowest BCUT2D eigenvalue weighted by Crippen LogP contribution is -2.29. The second kappa shape index (κ2) is 4.34. The highest BCUT2D eigenvalue weighted by Gasteiger charge is 2.28.